The first-order valence-corrected chi connectivity index (χ1v) is 9.77. The van der Waals surface area contributed by atoms with Crippen molar-refractivity contribution in [3.05, 3.63) is 51.9 Å². The van der Waals surface area contributed by atoms with Gasteiger partial charge in [0.25, 0.3) is 5.56 Å². The van der Waals surface area contributed by atoms with Gasteiger partial charge < -0.3 is 4.98 Å². The third-order valence-electron chi connectivity index (χ3n) is 4.23. The number of hydrogen-bond donors (Lipinski definition) is 1. The molecular formula is C17H21N3O3S. The van der Waals surface area contributed by atoms with Crippen LogP contribution in [0.2, 0.25) is 0 Å². The molecule has 0 spiro atoms. The highest BCUT2D eigenvalue weighted by molar-refractivity contribution is 7.89. The van der Waals surface area contributed by atoms with Crippen molar-refractivity contribution in [2.45, 2.75) is 32.7 Å². The van der Waals surface area contributed by atoms with Crippen molar-refractivity contribution in [2.75, 3.05) is 12.3 Å². The van der Waals surface area contributed by atoms with Crippen molar-refractivity contribution < 1.29 is 8.42 Å². The van der Waals surface area contributed by atoms with E-state index in [1.807, 2.05) is 37.3 Å². The van der Waals surface area contributed by atoms with E-state index in [2.05, 4.69) is 9.97 Å². The molecule has 128 valence electrons. The average Bonchev–Trinajstić information content (AvgIpc) is 2.60. The number of nitrogens with zero attached hydrogens (tertiary/aromatic N) is 2. The maximum Gasteiger partial charge on any atom is 0.255 e. The van der Waals surface area contributed by atoms with Gasteiger partial charge in [-0.1, -0.05) is 43.7 Å². The number of hydrogen-bond acceptors (Lipinski definition) is 4. The summed E-state index contributed by atoms with van der Waals surface area (Å²) in [5.41, 5.74) is 1.74. The van der Waals surface area contributed by atoms with Crippen LogP contribution in [0, 0.1) is 0 Å². The van der Waals surface area contributed by atoms with Crippen molar-refractivity contribution in [3.8, 4) is 11.4 Å². The van der Waals surface area contributed by atoms with Gasteiger partial charge in [-0.05, 0) is 6.42 Å². The molecule has 0 unspecified atom stereocenters. The van der Waals surface area contributed by atoms with Crippen LogP contribution in [0.3, 0.4) is 0 Å². The molecule has 1 N–H and O–H groups in total. The molecule has 1 aliphatic heterocycles. The van der Waals surface area contributed by atoms with Crippen LogP contribution in [-0.2, 0) is 23.0 Å². The van der Waals surface area contributed by atoms with Crippen LogP contribution in [-0.4, -0.2) is 35.0 Å². The molecule has 1 aromatic carbocycles. The van der Waals surface area contributed by atoms with Gasteiger partial charge in [-0.3, -0.25) is 4.79 Å². The Labute approximate surface area is 141 Å². The largest absolute Gasteiger partial charge is 0.306 e. The molecule has 2 aromatic rings. The van der Waals surface area contributed by atoms with E-state index >= 15 is 0 Å². The Balaban J connectivity index is 1.90. The molecule has 1 aromatic heterocycles. The van der Waals surface area contributed by atoms with Crippen LogP contribution in [0.1, 0.15) is 31.0 Å². The topological polar surface area (TPSA) is 83.1 Å². The fourth-order valence-electron chi connectivity index (χ4n) is 2.83. The van der Waals surface area contributed by atoms with E-state index in [0.717, 1.165) is 12.0 Å². The first-order valence-electron chi connectivity index (χ1n) is 8.16. The summed E-state index contributed by atoms with van der Waals surface area (Å²) in [6.07, 6.45) is 1.92. The third-order valence-corrected chi connectivity index (χ3v) is 6.13. The number of nitrogens with one attached hydrogen (secondary N) is 1. The number of sulfonamides is 1. The van der Waals surface area contributed by atoms with Crippen molar-refractivity contribution in [1.82, 2.24) is 14.3 Å². The molecule has 2 heterocycles. The fourth-order valence-corrected chi connectivity index (χ4v) is 4.43. The lowest BCUT2D eigenvalue weighted by Gasteiger charge is -2.27. The van der Waals surface area contributed by atoms with Gasteiger partial charge in [-0.25, -0.2) is 13.4 Å². The zero-order chi connectivity index (χ0) is 17.2. The molecule has 0 saturated carbocycles. The van der Waals surface area contributed by atoms with Gasteiger partial charge in [-0.15, -0.1) is 0 Å². The van der Waals surface area contributed by atoms with Crippen molar-refractivity contribution in [1.29, 1.82) is 0 Å². The molecular weight excluding hydrogens is 326 g/mol. The molecule has 3 rings (SSSR count). The van der Waals surface area contributed by atoms with Crippen molar-refractivity contribution >= 4 is 10.0 Å². The van der Waals surface area contributed by atoms with Crippen LogP contribution >= 0.6 is 0 Å². The summed E-state index contributed by atoms with van der Waals surface area (Å²) < 4.78 is 26.1. The van der Waals surface area contributed by atoms with Crippen LogP contribution in [0.5, 0.6) is 0 Å². The van der Waals surface area contributed by atoms with Gasteiger partial charge in [0.15, 0.2) is 0 Å². The second-order valence-electron chi connectivity index (χ2n) is 5.96. The Kier molecular flexibility index (Phi) is 4.82. The van der Waals surface area contributed by atoms with Crippen molar-refractivity contribution in [3.63, 3.8) is 0 Å². The third kappa shape index (κ3) is 3.42. The van der Waals surface area contributed by atoms with Crippen LogP contribution in [0.15, 0.2) is 35.1 Å². The number of fused-ring (bicyclic) bond motifs is 1. The number of aromatic nitrogens is 2. The van der Waals surface area contributed by atoms with E-state index in [1.54, 1.807) is 0 Å². The maximum atomic E-state index is 12.4. The lowest BCUT2D eigenvalue weighted by atomic mass is 10.1. The van der Waals surface area contributed by atoms with E-state index in [-0.39, 0.29) is 17.9 Å². The predicted molar refractivity (Wildman–Crippen MR) is 93.1 cm³/mol. The highest BCUT2D eigenvalue weighted by atomic mass is 32.2. The van der Waals surface area contributed by atoms with E-state index in [4.69, 9.17) is 0 Å². The van der Waals surface area contributed by atoms with Crippen LogP contribution < -0.4 is 5.56 Å². The van der Waals surface area contributed by atoms with Gasteiger partial charge in [-0.2, -0.15) is 4.31 Å². The van der Waals surface area contributed by atoms with Gasteiger partial charge >= 0.3 is 0 Å². The summed E-state index contributed by atoms with van der Waals surface area (Å²) >= 11 is 0. The van der Waals surface area contributed by atoms with E-state index in [1.165, 1.54) is 4.31 Å². The second kappa shape index (κ2) is 6.86. The quantitative estimate of drug-likeness (QED) is 0.896. The molecule has 0 bridgehead atoms. The summed E-state index contributed by atoms with van der Waals surface area (Å²) in [6, 6.07) is 9.44. The normalized spacial score (nSPS) is 15.2. The molecule has 0 fully saturated rings. The summed E-state index contributed by atoms with van der Waals surface area (Å²) in [5, 5.41) is 0. The second-order valence-corrected chi connectivity index (χ2v) is 8.05. The average molecular weight is 347 g/mol. The summed E-state index contributed by atoms with van der Waals surface area (Å²) in [6.45, 7) is 2.45. The fraction of sp³-hybridized carbons (Fsp3) is 0.412. The van der Waals surface area contributed by atoms with Gasteiger partial charge in [0, 0.05) is 25.1 Å². The van der Waals surface area contributed by atoms with E-state index < -0.39 is 10.0 Å². The number of H-pyrrole nitrogens is 1. The smallest absolute Gasteiger partial charge is 0.255 e. The van der Waals surface area contributed by atoms with E-state index in [0.29, 0.717) is 36.5 Å². The lowest BCUT2D eigenvalue weighted by molar-refractivity contribution is 0.384. The minimum atomic E-state index is -3.31. The van der Waals surface area contributed by atoms with Crippen LogP contribution in [0.4, 0.5) is 0 Å². The SMILES string of the molecule is CCCCS(=O)(=O)N1CCc2nc(-c3ccccc3)[nH]c(=O)c2C1. The minimum Gasteiger partial charge on any atom is -0.306 e. The standard InChI is InChI=1S/C17H21N3O3S/c1-2-3-11-24(22,23)20-10-9-15-14(12-20)17(21)19-16(18-15)13-7-5-4-6-8-13/h4-8H,2-3,9-12H2,1H3,(H,18,19,21). The molecule has 0 amide bonds. The molecule has 6 nitrogen and oxygen atoms in total. The molecule has 24 heavy (non-hydrogen) atoms. The minimum absolute atomic E-state index is 0.110. The Bertz CT molecular complexity index is 876. The molecule has 0 saturated heterocycles. The molecule has 0 aliphatic carbocycles. The number of unbranched alkanes of at least 4 members (excludes halogenated alkanes) is 1. The zero-order valence-corrected chi connectivity index (χ0v) is 14.5. The summed E-state index contributed by atoms with van der Waals surface area (Å²) in [7, 11) is -3.31. The first-order chi connectivity index (χ1) is 11.5. The zero-order valence-electron chi connectivity index (χ0n) is 13.7. The molecule has 0 radical (unpaired) electrons. The van der Waals surface area contributed by atoms with Gasteiger partial charge in [0.1, 0.15) is 5.82 Å². The number of aromatic amines is 1. The highest BCUT2D eigenvalue weighted by Gasteiger charge is 2.28. The monoisotopic (exact) mass is 347 g/mol. The van der Waals surface area contributed by atoms with Gasteiger partial charge in [0.2, 0.25) is 10.0 Å². The van der Waals surface area contributed by atoms with E-state index in [9.17, 15) is 13.2 Å². The summed E-state index contributed by atoms with van der Waals surface area (Å²) in [4.78, 5) is 19.8. The maximum absolute atomic E-state index is 12.4. The lowest BCUT2D eigenvalue weighted by Crippen LogP contribution is -2.40. The Morgan fingerprint density at radius 1 is 1.25 bits per heavy atom. The number of benzene rings is 1. The Morgan fingerprint density at radius 3 is 2.71 bits per heavy atom. The Morgan fingerprint density at radius 2 is 2.00 bits per heavy atom. The summed E-state index contributed by atoms with van der Waals surface area (Å²) in [5.74, 6) is 0.661. The highest BCUT2D eigenvalue weighted by Crippen LogP contribution is 2.20. The van der Waals surface area contributed by atoms with Crippen LogP contribution in [0.25, 0.3) is 11.4 Å². The molecule has 0 atom stereocenters. The predicted octanol–water partition coefficient (Wildman–Crippen LogP) is 1.92. The van der Waals surface area contributed by atoms with Gasteiger partial charge in [0.05, 0.1) is 17.0 Å². The molecule has 1 aliphatic rings. The van der Waals surface area contributed by atoms with Crippen molar-refractivity contribution in [2.24, 2.45) is 0 Å². The Hall–Kier alpha value is -1.99. The number of rotatable bonds is 5. The first kappa shape index (κ1) is 16.9. The molecule has 7 heteroatoms.